The van der Waals surface area contributed by atoms with Crippen LogP contribution in [0.1, 0.15) is 10.5 Å². The molecule has 1 aliphatic rings. The zero-order valence-electron chi connectivity index (χ0n) is 15.1. The second-order valence-corrected chi connectivity index (χ2v) is 6.82. The molecule has 0 radical (unpaired) electrons. The number of nitrogens with one attached hydrogen (secondary N) is 1. The number of carbonyl (C=O) groups excluding carboxylic acids is 1. The van der Waals surface area contributed by atoms with Crippen molar-refractivity contribution in [2.45, 2.75) is 0 Å². The molecule has 142 valence electrons. The molecular formula is C20H19ClN6O. The van der Waals surface area contributed by atoms with Gasteiger partial charge in [0.15, 0.2) is 0 Å². The Morgan fingerprint density at radius 3 is 2.21 bits per heavy atom. The summed E-state index contributed by atoms with van der Waals surface area (Å²) in [5, 5.41) is 3.44. The van der Waals surface area contributed by atoms with Crippen LogP contribution in [0.4, 0.5) is 17.3 Å². The van der Waals surface area contributed by atoms with Gasteiger partial charge in [0.2, 0.25) is 5.95 Å². The van der Waals surface area contributed by atoms with Gasteiger partial charge in [-0.05, 0) is 42.5 Å². The van der Waals surface area contributed by atoms with Gasteiger partial charge < -0.3 is 15.1 Å². The van der Waals surface area contributed by atoms with Gasteiger partial charge in [0.25, 0.3) is 5.91 Å². The summed E-state index contributed by atoms with van der Waals surface area (Å²) in [5.41, 5.74) is 2.05. The van der Waals surface area contributed by atoms with Crippen molar-refractivity contribution in [3.8, 4) is 0 Å². The van der Waals surface area contributed by atoms with Gasteiger partial charge >= 0.3 is 0 Å². The summed E-state index contributed by atoms with van der Waals surface area (Å²) in [4.78, 5) is 29.7. The van der Waals surface area contributed by atoms with E-state index >= 15 is 0 Å². The summed E-state index contributed by atoms with van der Waals surface area (Å²) in [7, 11) is 0. The predicted molar refractivity (Wildman–Crippen MR) is 110 cm³/mol. The summed E-state index contributed by atoms with van der Waals surface area (Å²) >= 11 is 5.86. The SMILES string of the molecule is O=C(Nc1ccc(Cl)cc1)c1ccc(N2CCN(c3ncccn3)CC2)cn1. The highest BCUT2D eigenvalue weighted by Gasteiger charge is 2.19. The molecule has 2 aromatic heterocycles. The highest BCUT2D eigenvalue weighted by molar-refractivity contribution is 6.30. The van der Waals surface area contributed by atoms with Crippen LogP contribution in [-0.4, -0.2) is 47.0 Å². The van der Waals surface area contributed by atoms with Crippen LogP contribution in [0.15, 0.2) is 61.1 Å². The molecule has 0 bridgehead atoms. The number of anilines is 3. The third kappa shape index (κ3) is 4.20. The Labute approximate surface area is 168 Å². The highest BCUT2D eigenvalue weighted by Crippen LogP contribution is 2.18. The maximum atomic E-state index is 12.3. The number of amides is 1. The molecule has 8 heteroatoms. The van der Waals surface area contributed by atoms with Gasteiger partial charge in [0.05, 0.1) is 11.9 Å². The standard InChI is InChI=1S/C20H19ClN6O/c21-15-2-4-16(5-3-15)25-19(28)18-7-6-17(14-24-18)26-10-12-27(13-11-26)20-22-8-1-9-23-20/h1-9,14H,10-13H2,(H,25,28). The van der Waals surface area contributed by atoms with E-state index in [0.717, 1.165) is 37.8 Å². The van der Waals surface area contributed by atoms with Gasteiger partial charge in [-0.25, -0.2) is 15.0 Å². The van der Waals surface area contributed by atoms with Crippen LogP contribution >= 0.6 is 11.6 Å². The molecular weight excluding hydrogens is 376 g/mol. The first-order valence-corrected chi connectivity index (χ1v) is 9.37. The Morgan fingerprint density at radius 1 is 0.893 bits per heavy atom. The zero-order valence-corrected chi connectivity index (χ0v) is 15.9. The van der Waals surface area contributed by atoms with E-state index in [2.05, 4.69) is 30.1 Å². The third-order valence-electron chi connectivity index (χ3n) is 4.56. The smallest absolute Gasteiger partial charge is 0.274 e. The minimum Gasteiger partial charge on any atom is -0.367 e. The molecule has 0 aliphatic carbocycles. The Kier molecular flexibility index (Phi) is 5.34. The fraction of sp³-hybridized carbons (Fsp3) is 0.200. The number of hydrogen-bond acceptors (Lipinski definition) is 6. The Morgan fingerprint density at radius 2 is 1.57 bits per heavy atom. The number of pyridine rings is 1. The number of halogens is 1. The number of carbonyl (C=O) groups is 1. The lowest BCUT2D eigenvalue weighted by Crippen LogP contribution is -2.47. The number of benzene rings is 1. The largest absolute Gasteiger partial charge is 0.367 e. The Bertz CT molecular complexity index is 925. The molecule has 1 N–H and O–H groups in total. The molecule has 1 aromatic carbocycles. The Hall–Kier alpha value is -3.19. The number of hydrogen-bond donors (Lipinski definition) is 1. The van der Waals surface area contributed by atoms with Gasteiger partial charge in [-0.15, -0.1) is 0 Å². The number of rotatable bonds is 4. The van der Waals surface area contributed by atoms with Crippen molar-refractivity contribution in [2.24, 2.45) is 0 Å². The van der Waals surface area contributed by atoms with E-state index in [0.29, 0.717) is 16.4 Å². The summed E-state index contributed by atoms with van der Waals surface area (Å²) < 4.78 is 0. The minimum absolute atomic E-state index is 0.250. The lowest BCUT2D eigenvalue weighted by molar-refractivity contribution is 0.102. The first-order chi connectivity index (χ1) is 13.7. The quantitative estimate of drug-likeness (QED) is 0.733. The molecule has 1 saturated heterocycles. The fourth-order valence-electron chi connectivity index (χ4n) is 3.05. The summed E-state index contributed by atoms with van der Waals surface area (Å²) in [6.45, 7) is 3.36. The van der Waals surface area contributed by atoms with Gasteiger partial charge in [0, 0.05) is 49.3 Å². The predicted octanol–water partition coefficient (Wildman–Crippen LogP) is 3.10. The van der Waals surface area contributed by atoms with E-state index in [1.165, 1.54) is 0 Å². The van der Waals surface area contributed by atoms with Crippen LogP contribution < -0.4 is 15.1 Å². The average Bonchev–Trinajstić information content (AvgIpc) is 2.76. The molecule has 1 amide bonds. The third-order valence-corrected chi connectivity index (χ3v) is 4.81. The molecule has 1 aliphatic heterocycles. The average molecular weight is 395 g/mol. The van der Waals surface area contributed by atoms with Crippen molar-refractivity contribution >= 4 is 34.8 Å². The van der Waals surface area contributed by atoms with Gasteiger partial charge in [-0.3, -0.25) is 4.79 Å². The first kappa shape index (κ1) is 18.2. The van der Waals surface area contributed by atoms with Gasteiger partial charge in [-0.1, -0.05) is 11.6 Å². The second-order valence-electron chi connectivity index (χ2n) is 6.39. The maximum absolute atomic E-state index is 12.3. The molecule has 28 heavy (non-hydrogen) atoms. The Balaban J connectivity index is 1.36. The fourth-order valence-corrected chi connectivity index (χ4v) is 3.18. The maximum Gasteiger partial charge on any atom is 0.274 e. The lowest BCUT2D eigenvalue weighted by Gasteiger charge is -2.35. The molecule has 3 heterocycles. The van der Waals surface area contributed by atoms with E-state index in [1.54, 1.807) is 48.9 Å². The molecule has 0 saturated carbocycles. The van der Waals surface area contributed by atoms with Gasteiger partial charge in [0.1, 0.15) is 5.69 Å². The van der Waals surface area contributed by atoms with Crippen molar-refractivity contribution in [1.82, 2.24) is 15.0 Å². The number of aromatic nitrogens is 3. The van der Waals surface area contributed by atoms with Gasteiger partial charge in [-0.2, -0.15) is 0 Å². The highest BCUT2D eigenvalue weighted by atomic mass is 35.5. The van der Waals surface area contributed by atoms with Crippen molar-refractivity contribution in [1.29, 1.82) is 0 Å². The van der Waals surface area contributed by atoms with Crippen LogP contribution in [0.5, 0.6) is 0 Å². The summed E-state index contributed by atoms with van der Waals surface area (Å²) in [5.74, 6) is 0.509. The summed E-state index contributed by atoms with van der Waals surface area (Å²) in [6.07, 6.45) is 5.25. The van der Waals surface area contributed by atoms with Crippen molar-refractivity contribution in [3.05, 3.63) is 71.8 Å². The van der Waals surface area contributed by atoms with Crippen molar-refractivity contribution in [2.75, 3.05) is 41.3 Å². The number of nitrogens with zero attached hydrogens (tertiary/aromatic N) is 5. The molecule has 0 spiro atoms. The van der Waals surface area contributed by atoms with Crippen LogP contribution in [-0.2, 0) is 0 Å². The second kappa shape index (κ2) is 8.22. The van der Waals surface area contributed by atoms with Crippen LogP contribution in [0.25, 0.3) is 0 Å². The van der Waals surface area contributed by atoms with Crippen LogP contribution in [0, 0.1) is 0 Å². The topological polar surface area (TPSA) is 74.2 Å². The minimum atomic E-state index is -0.250. The molecule has 1 fully saturated rings. The zero-order chi connectivity index (χ0) is 19.3. The summed E-state index contributed by atoms with van der Waals surface area (Å²) in [6, 6.07) is 12.5. The monoisotopic (exact) mass is 394 g/mol. The first-order valence-electron chi connectivity index (χ1n) is 8.99. The molecule has 3 aromatic rings. The molecule has 0 atom stereocenters. The van der Waals surface area contributed by atoms with Crippen molar-refractivity contribution in [3.63, 3.8) is 0 Å². The molecule has 4 rings (SSSR count). The lowest BCUT2D eigenvalue weighted by atomic mass is 10.2. The van der Waals surface area contributed by atoms with Crippen molar-refractivity contribution < 1.29 is 4.79 Å². The molecule has 0 unspecified atom stereocenters. The number of piperazine rings is 1. The van der Waals surface area contributed by atoms with Crippen LogP contribution in [0.3, 0.4) is 0 Å². The van der Waals surface area contributed by atoms with E-state index in [9.17, 15) is 4.79 Å². The van der Waals surface area contributed by atoms with E-state index in [4.69, 9.17) is 11.6 Å². The normalized spacial score (nSPS) is 14.0. The van der Waals surface area contributed by atoms with Crippen LogP contribution in [0.2, 0.25) is 5.02 Å². The molecule has 7 nitrogen and oxygen atoms in total. The van der Waals surface area contributed by atoms with E-state index < -0.39 is 0 Å². The van der Waals surface area contributed by atoms with E-state index in [1.807, 2.05) is 12.1 Å². The van der Waals surface area contributed by atoms with E-state index in [-0.39, 0.29) is 5.91 Å².